The van der Waals surface area contributed by atoms with Crippen molar-refractivity contribution in [2.24, 2.45) is 17.8 Å². The van der Waals surface area contributed by atoms with Gasteiger partial charge in [-0.15, -0.1) is 0 Å². The molecule has 0 N–H and O–H groups in total. The first-order valence-corrected chi connectivity index (χ1v) is 15.8. The first-order chi connectivity index (χ1) is 18.5. The number of carbonyl (C=O) groups is 2. The quantitative estimate of drug-likeness (QED) is 0.0643. The molecular weight excluding hydrogens is 825 g/mol. The van der Waals surface area contributed by atoms with E-state index in [9.17, 15) is 52.9 Å². The minimum atomic E-state index is -4.88. The van der Waals surface area contributed by atoms with Crippen molar-refractivity contribution in [3.8, 4) is 5.75 Å². The zero-order valence-corrected chi connectivity index (χ0v) is 24.8. The highest BCUT2D eigenvalue weighted by Gasteiger charge is 2.72. The topological polar surface area (TPSA) is 153 Å². The monoisotopic (exact) mass is 835 g/mol. The fourth-order valence-corrected chi connectivity index (χ4v) is 11.4. The average Bonchev–Trinajstić information content (AvgIpc) is 3.43. The van der Waals surface area contributed by atoms with Crippen LogP contribution in [0.4, 0.5) is 22.0 Å². The molecule has 40 heavy (non-hydrogen) atoms. The predicted molar refractivity (Wildman–Crippen MR) is 134 cm³/mol. The summed E-state index contributed by atoms with van der Waals surface area (Å²) in [5, 5.41) is -1.46. The van der Waals surface area contributed by atoms with Gasteiger partial charge in [0.15, 0.2) is 23.3 Å². The maximum atomic E-state index is 14.2. The molecule has 1 heterocycles. The van der Waals surface area contributed by atoms with E-state index in [4.69, 9.17) is 13.7 Å². The molecule has 0 spiro atoms. The van der Waals surface area contributed by atoms with Gasteiger partial charge in [-0.3, -0.25) is 8.98 Å². The maximum absolute atomic E-state index is 14.2. The molecule has 2 aliphatic carbocycles. The van der Waals surface area contributed by atoms with Crippen molar-refractivity contribution in [2.75, 3.05) is 0 Å². The highest BCUT2D eigenvalue weighted by molar-refractivity contribution is 14.1. The summed E-state index contributed by atoms with van der Waals surface area (Å²) in [4.78, 5) is 25.2. The zero-order chi connectivity index (χ0) is 29.6. The van der Waals surface area contributed by atoms with Crippen molar-refractivity contribution in [3.63, 3.8) is 0 Å². The molecule has 19 heteroatoms. The minimum Gasteiger partial charge on any atom is -0.744 e. The molecular formula is C21H10F5I2O10S2-. The number of fused-ring (bicyclic) bond motifs is 1. The molecule has 6 unspecified atom stereocenters. The van der Waals surface area contributed by atoms with E-state index < -0.39 is 107 Å². The summed E-state index contributed by atoms with van der Waals surface area (Å²) in [6.07, 6.45) is -3.13. The highest BCUT2D eigenvalue weighted by atomic mass is 127. The summed E-state index contributed by atoms with van der Waals surface area (Å²) in [7, 11) is -9.34. The molecule has 10 nitrogen and oxygen atoms in total. The van der Waals surface area contributed by atoms with Gasteiger partial charge in [-0.1, -0.05) is 0 Å². The van der Waals surface area contributed by atoms with Crippen molar-refractivity contribution in [1.29, 1.82) is 0 Å². The number of ether oxygens (including phenoxy) is 2. The lowest BCUT2D eigenvalue weighted by Crippen LogP contribution is -2.46. The molecule has 1 aliphatic heterocycles. The molecule has 0 radical (unpaired) electrons. The summed E-state index contributed by atoms with van der Waals surface area (Å²) >= 11 is 3.04. The van der Waals surface area contributed by atoms with Gasteiger partial charge in [0.2, 0.25) is 5.82 Å². The summed E-state index contributed by atoms with van der Waals surface area (Å²) < 4.78 is 144. The smallest absolute Gasteiger partial charge is 0.344 e. The van der Waals surface area contributed by atoms with Crippen LogP contribution in [-0.2, 0) is 34.0 Å². The van der Waals surface area contributed by atoms with Crippen molar-refractivity contribution in [1.82, 2.24) is 0 Å². The van der Waals surface area contributed by atoms with Crippen LogP contribution in [0.3, 0.4) is 0 Å². The molecule has 2 aromatic carbocycles. The Morgan fingerprint density at radius 3 is 2.00 bits per heavy atom. The van der Waals surface area contributed by atoms with Gasteiger partial charge in [0.25, 0.3) is 10.1 Å². The number of esters is 2. The van der Waals surface area contributed by atoms with Crippen LogP contribution in [0.15, 0.2) is 17.0 Å². The molecule has 5 rings (SSSR count). The number of halogens is 7. The van der Waals surface area contributed by atoms with Crippen molar-refractivity contribution >= 4 is 77.4 Å². The minimum absolute atomic E-state index is 0.0915. The van der Waals surface area contributed by atoms with Crippen LogP contribution < -0.4 is 4.74 Å². The third-order valence-corrected chi connectivity index (χ3v) is 12.1. The standard InChI is InChI=1S/C21H11F5I2O10S2/c22-11-10(12(23)14(25)15(26)13(11)24)21(30)37-16-5-3-6-17(16)38-40(34,35)18(6)9(5)20(29)36-4-1-7(27)19(8(28)2-4)39(31,32)33/h1-2,5-6,9,16-18H,3H2,(H,31,32,33)/p-1. The van der Waals surface area contributed by atoms with E-state index in [0.29, 0.717) is 0 Å². The average molecular weight is 835 g/mol. The van der Waals surface area contributed by atoms with E-state index in [1.807, 2.05) is 0 Å². The van der Waals surface area contributed by atoms with Crippen molar-refractivity contribution < 1.29 is 66.6 Å². The molecule has 0 amide bonds. The number of hydrogen-bond acceptors (Lipinski definition) is 10. The third-order valence-electron chi connectivity index (χ3n) is 6.90. The van der Waals surface area contributed by atoms with Crippen LogP contribution in [-0.4, -0.2) is 50.8 Å². The second-order valence-corrected chi connectivity index (χ2v) is 14.4. The van der Waals surface area contributed by atoms with Gasteiger partial charge in [-0.05, 0) is 63.7 Å². The normalized spacial score (nSPS) is 28.1. The van der Waals surface area contributed by atoms with Crippen LogP contribution >= 0.6 is 45.2 Å². The van der Waals surface area contributed by atoms with E-state index in [2.05, 4.69) is 0 Å². The fourth-order valence-electron chi connectivity index (χ4n) is 5.44. The number of rotatable bonds is 5. The van der Waals surface area contributed by atoms with E-state index in [1.54, 1.807) is 0 Å². The van der Waals surface area contributed by atoms with Gasteiger partial charge in [0.1, 0.15) is 38.9 Å². The third kappa shape index (κ3) is 4.59. The zero-order valence-electron chi connectivity index (χ0n) is 18.9. The van der Waals surface area contributed by atoms with Crippen LogP contribution in [0.2, 0.25) is 0 Å². The summed E-state index contributed by atoms with van der Waals surface area (Å²) in [5.41, 5.74) is -1.91. The van der Waals surface area contributed by atoms with E-state index >= 15 is 0 Å². The van der Waals surface area contributed by atoms with Gasteiger partial charge in [-0.25, -0.2) is 35.2 Å². The van der Waals surface area contributed by atoms with Gasteiger partial charge < -0.3 is 14.0 Å². The van der Waals surface area contributed by atoms with Crippen molar-refractivity contribution in [3.05, 3.63) is 53.9 Å². The molecule has 3 aliphatic rings. The molecule has 2 aromatic rings. The summed E-state index contributed by atoms with van der Waals surface area (Å²) in [6, 6.07) is 2.09. The Morgan fingerprint density at radius 2 is 1.48 bits per heavy atom. The first kappa shape index (κ1) is 29.8. The van der Waals surface area contributed by atoms with E-state index in [1.165, 1.54) is 45.2 Å². The van der Waals surface area contributed by atoms with Gasteiger partial charge >= 0.3 is 11.9 Å². The number of hydrogen-bond donors (Lipinski definition) is 0. The SMILES string of the molecule is O=C(OC1C2CC3C1OS(=O)(=O)C3C2C(=O)Oc1cc(I)c(S(=O)(=O)[O-])c(I)c1)c1c(F)c(F)c(F)c(F)c1F. The second-order valence-electron chi connectivity index (χ2n) is 9.01. The molecule has 216 valence electrons. The molecule has 0 aromatic heterocycles. The number of carbonyl (C=O) groups excluding carboxylic acids is 2. The number of benzene rings is 2. The Balaban J connectivity index is 1.46. The summed E-state index contributed by atoms with van der Waals surface area (Å²) in [6.45, 7) is 0. The fraction of sp³-hybridized carbons (Fsp3) is 0.333. The van der Waals surface area contributed by atoms with E-state index in [0.717, 1.165) is 12.1 Å². The van der Waals surface area contributed by atoms with Crippen LogP contribution in [0.5, 0.6) is 5.75 Å². The maximum Gasteiger partial charge on any atom is 0.344 e. The Kier molecular flexibility index (Phi) is 7.41. The molecule has 1 saturated heterocycles. The second kappa shape index (κ2) is 9.95. The first-order valence-electron chi connectivity index (χ1n) is 10.8. The molecule has 2 bridgehead atoms. The Bertz CT molecular complexity index is 1670. The van der Waals surface area contributed by atoms with Gasteiger partial charge in [0, 0.05) is 19.0 Å². The van der Waals surface area contributed by atoms with Crippen LogP contribution in [0.1, 0.15) is 16.8 Å². The Labute approximate surface area is 248 Å². The molecule has 3 fully saturated rings. The predicted octanol–water partition coefficient (Wildman–Crippen LogP) is 2.99. The lowest BCUT2D eigenvalue weighted by atomic mass is 9.84. The van der Waals surface area contributed by atoms with Crippen LogP contribution in [0.25, 0.3) is 0 Å². The largest absolute Gasteiger partial charge is 0.744 e. The Hall–Kier alpha value is -1.69. The van der Waals surface area contributed by atoms with Crippen LogP contribution in [0, 0.1) is 54.0 Å². The highest BCUT2D eigenvalue weighted by Crippen LogP contribution is 2.59. The Morgan fingerprint density at radius 1 is 0.950 bits per heavy atom. The summed E-state index contributed by atoms with van der Waals surface area (Å²) in [5.74, 6) is -19.3. The molecule has 2 saturated carbocycles. The van der Waals surface area contributed by atoms with Gasteiger partial charge in [0.05, 0.1) is 10.8 Å². The molecule has 6 atom stereocenters. The van der Waals surface area contributed by atoms with Crippen molar-refractivity contribution in [2.45, 2.75) is 28.8 Å². The lowest BCUT2D eigenvalue weighted by Gasteiger charge is -2.30. The lowest BCUT2D eigenvalue weighted by molar-refractivity contribution is -0.143. The van der Waals surface area contributed by atoms with E-state index in [-0.39, 0.29) is 19.3 Å². The van der Waals surface area contributed by atoms with Gasteiger partial charge in [-0.2, -0.15) is 8.42 Å².